The first kappa shape index (κ1) is 13.2. The van der Waals surface area contributed by atoms with E-state index in [0.717, 1.165) is 17.2 Å². The second kappa shape index (κ2) is 5.61. The summed E-state index contributed by atoms with van der Waals surface area (Å²) in [7, 11) is 1.37. The summed E-state index contributed by atoms with van der Waals surface area (Å²) in [6, 6.07) is 11.1. The van der Waals surface area contributed by atoms with Gasteiger partial charge in [0.05, 0.1) is 18.7 Å². The zero-order valence-corrected chi connectivity index (χ0v) is 11.3. The average Bonchev–Trinajstić information content (AvgIpc) is 2.85. The molecule has 1 heterocycles. The number of carbonyl (C=O) groups is 1. The largest absolute Gasteiger partial charge is 0.465 e. The van der Waals surface area contributed by atoms with Gasteiger partial charge in [-0.3, -0.25) is 0 Å². The van der Waals surface area contributed by atoms with E-state index in [9.17, 15) is 4.79 Å². The molecule has 0 spiro atoms. The van der Waals surface area contributed by atoms with Crippen LogP contribution in [0.1, 0.15) is 34.8 Å². The van der Waals surface area contributed by atoms with Crippen LogP contribution in [-0.2, 0) is 4.74 Å². The molecular formula is C15H17NO3. The fraction of sp³-hybridized carbons (Fsp3) is 0.267. The summed E-state index contributed by atoms with van der Waals surface area (Å²) in [6.45, 7) is 3.88. The Hall–Kier alpha value is -2.23. The molecule has 4 heteroatoms. The quantitative estimate of drug-likeness (QED) is 0.853. The molecule has 0 aliphatic carbocycles. The number of nitrogens with one attached hydrogen (secondary N) is 1. The highest BCUT2D eigenvalue weighted by atomic mass is 16.5. The van der Waals surface area contributed by atoms with Gasteiger partial charge in [-0.1, -0.05) is 12.1 Å². The van der Waals surface area contributed by atoms with Gasteiger partial charge in [0.2, 0.25) is 0 Å². The second-order valence-corrected chi connectivity index (χ2v) is 4.35. The molecule has 0 radical (unpaired) electrons. The summed E-state index contributed by atoms with van der Waals surface area (Å²) in [4.78, 5) is 11.7. The van der Waals surface area contributed by atoms with Crippen molar-refractivity contribution in [2.24, 2.45) is 0 Å². The predicted molar refractivity (Wildman–Crippen MR) is 73.3 cm³/mol. The third-order valence-corrected chi connectivity index (χ3v) is 2.89. The molecule has 0 saturated carbocycles. The molecule has 1 unspecified atom stereocenters. The monoisotopic (exact) mass is 259 g/mol. The number of ether oxygens (including phenoxy) is 1. The third kappa shape index (κ3) is 2.96. The summed E-state index contributed by atoms with van der Waals surface area (Å²) < 4.78 is 10.3. The van der Waals surface area contributed by atoms with Crippen molar-refractivity contribution < 1.29 is 13.9 Å². The number of para-hydroxylation sites is 1. The van der Waals surface area contributed by atoms with Gasteiger partial charge < -0.3 is 14.5 Å². The Morgan fingerprint density at radius 3 is 2.63 bits per heavy atom. The van der Waals surface area contributed by atoms with E-state index < -0.39 is 0 Å². The maximum Gasteiger partial charge on any atom is 0.339 e. The summed E-state index contributed by atoms with van der Waals surface area (Å²) in [5.41, 5.74) is 1.25. The number of aryl methyl sites for hydroxylation is 1. The lowest BCUT2D eigenvalue weighted by atomic mass is 10.1. The Morgan fingerprint density at radius 1 is 1.26 bits per heavy atom. The van der Waals surface area contributed by atoms with Crippen molar-refractivity contribution in [2.75, 3.05) is 12.4 Å². The highest BCUT2D eigenvalue weighted by Crippen LogP contribution is 2.24. The fourth-order valence-corrected chi connectivity index (χ4v) is 1.89. The van der Waals surface area contributed by atoms with Gasteiger partial charge in [0.25, 0.3) is 0 Å². The van der Waals surface area contributed by atoms with Crippen LogP contribution in [0.4, 0.5) is 5.69 Å². The van der Waals surface area contributed by atoms with Crippen molar-refractivity contribution >= 4 is 11.7 Å². The van der Waals surface area contributed by atoms with Crippen LogP contribution in [0.3, 0.4) is 0 Å². The molecule has 0 fully saturated rings. The van der Waals surface area contributed by atoms with Crippen molar-refractivity contribution in [3.8, 4) is 0 Å². The number of methoxy groups -OCH3 is 1. The van der Waals surface area contributed by atoms with Gasteiger partial charge in [-0.15, -0.1) is 0 Å². The Labute approximate surface area is 112 Å². The number of furan rings is 1. The molecule has 2 aromatic rings. The van der Waals surface area contributed by atoms with E-state index in [1.165, 1.54) is 7.11 Å². The Kier molecular flexibility index (Phi) is 3.90. The molecule has 0 aliphatic heterocycles. The van der Waals surface area contributed by atoms with Gasteiger partial charge >= 0.3 is 5.97 Å². The highest BCUT2D eigenvalue weighted by Gasteiger charge is 2.15. The van der Waals surface area contributed by atoms with E-state index in [2.05, 4.69) is 5.32 Å². The molecule has 1 aromatic carbocycles. The number of rotatable bonds is 4. The lowest BCUT2D eigenvalue weighted by molar-refractivity contribution is 0.0602. The number of carbonyl (C=O) groups excluding carboxylic acids is 1. The average molecular weight is 259 g/mol. The van der Waals surface area contributed by atoms with Gasteiger partial charge in [0.15, 0.2) is 0 Å². The van der Waals surface area contributed by atoms with E-state index in [0.29, 0.717) is 5.56 Å². The molecule has 100 valence electrons. The maximum atomic E-state index is 11.7. The molecule has 19 heavy (non-hydrogen) atoms. The normalized spacial score (nSPS) is 11.9. The van der Waals surface area contributed by atoms with Gasteiger partial charge in [-0.25, -0.2) is 4.79 Å². The summed E-state index contributed by atoms with van der Waals surface area (Å²) in [6.07, 6.45) is 0. The van der Waals surface area contributed by atoms with Crippen molar-refractivity contribution in [2.45, 2.75) is 19.9 Å². The molecule has 0 aliphatic rings. The van der Waals surface area contributed by atoms with E-state index in [4.69, 9.17) is 9.15 Å². The minimum absolute atomic E-state index is 0.0282. The van der Waals surface area contributed by atoms with Crippen LogP contribution in [0.25, 0.3) is 0 Å². The van der Waals surface area contributed by atoms with E-state index >= 15 is 0 Å². The molecule has 0 bridgehead atoms. The number of hydrogen-bond donors (Lipinski definition) is 1. The minimum atomic E-state index is -0.356. The molecular weight excluding hydrogens is 242 g/mol. The number of anilines is 1. The SMILES string of the molecule is COC(=O)c1ccccc1NC(C)c1ccc(C)o1. The fourth-order valence-electron chi connectivity index (χ4n) is 1.89. The first-order valence-corrected chi connectivity index (χ1v) is 6.12. The van der Waals surface area contributed by atoms with Crippen molar-refractivity contribution in [3.63, 3.8) is 0 Å². The third-order valence-electron chi connectivity index (χ3n) is 2.89. The number of hydrogen-bond acceptors (Lipinski definition) is 4. The second-order valence-electron chi connectivity index (χ2n) is 4.35. The molecule has 0 amide bonds. The lowest BCUT2D eigenvalue weighted by Crippen LogP contribution is -2.11. The molecule has 1 N–H and O–H groups in total. The Bertz CT molecular complexity index is 574. The first-order chi connectivity index (χ1) is 9.11. The maximum absolute atomic E-state index is 11.7. The summed E-state index contributed by atoms with van der Waals surface area (Å²) >= 11 is 0. The van der Waals surface area contributed by atoms with Crippen LogP contribution in [0.15, 0.2) is 40.8 Å². The number of esters is 1. The zero-order valence-electron chi connectivity index (χ0n) is 11.3. The molecule has 0 saturated heterocycles. The lowest BCUT2D eigenvalue weighted by Gasteiger charge is -2.15. The smallest absolute Gasteiger partial charge is 0.339 e. The Morgan fingerprint density at radius 2 is 2.00 bits per heavy atom. The van der Waals surface area contributed by atoms with Gasteiger partial charge in [0.1, 0.15) is 11.5 Å². The van der Waals surface area contributed by atoms with E-state index in [1.807, 2.05) is 38.1 Å². The number of benzene rings is 1. The molecule has 1 aromatic heterocycles. The van der Waals surface area contributed by atoms with Crippen molar-refractivity contribution in [1.82, 2.24) is 0 Å². The topological polar surface area (TPSA) is 51.5 Å². The minimum Gasteiger partial charge on any atom is -0.465 e. The van der Waals surface area contributed by atoms with Crippen LogP contribution < -0.4 is 5.32 Å². The first-order valence-electron chi connectivity index (χ1n) is 6.12. The highest BCUT2D eigenvalue weighted by molar-refractivity contribution is 5.95. The molecule has 4 nitrogen and oxygen atoms in total. The van der Waals surface area contributed by atoms with Gasteiger partial charge in [0, 0.05) is 5.69 Å². The van der Waals surface area contributed by atoms with Crippen LogP contribution in [0.5, 0.6) is 0 Å². The van der Waals surface area contributed by atoms with Crippen LogP contribution in [0, 0.1) is 6.92 Å². The zero-order chi connectivity index (χ0) is 13.8. The van der Waals surface area contributed by atoms with Crippen LogP contribution in [0.2, 0.25) is 0 Å². The van der Waals surface area contributed by atoms with Crippen LogP contribution >= 0.6 is 0 Å². The predicted octanol–water partition coefficient (Wildman–Crippen LogP) is 3.55. The Balaban J connectivity index is 2.21. The van der Waals surface area contributed by atoms with Gasteiger partial charge in [-0.05, 0) is 38.1 Å². The van der Waals surface area contributed by atoms with Gasteiger partial charge in [-0.2, -0.15) is 0 Å². The molecule has 1 atom stereocenters. The summed E-state index contributed by atoms with van der Waals surface area (Å²) in [5, 5.41) is 3.26. The summed E-state index contributed by atoms with van der Waals surface area (Å²) in [5.74, 6) is 1.34. The molecule has 2 rings (SSSR count). The van der Waals surface area contributed by atoms with Crippen molar-refractivity contribution in [3.05, 3.63) is 53.5 Å². The standard InChI is InChI=1S/C15H17NO3/c1-10-8-9-14(19-10)11(2)16-13-7-5-4-6-12(13)15(17)18-3/h4-9,11,16H,1-3H3. The van der Waals surface area contributed by atoms with Crippen molar-refractivity contribution in [1.29, 1.82) is 0 Å². The van der Waals surface area contributed by atoms with E-state index in [1.54, 1.807) is 12.1 Å². The van der Waals surface area contributed by atoms with Crippen LogP contribution in [-0.4, -0.2) is 13.1 Å². The van der Waals surface area contributed by atoms with E-state index in [-0.39, 0.29) is 12.0 Å².